The average molecular weight is 404 g/mol. The Morgan fingerprint density at radius 3 is 2.19 bits per heavy atom. The van der Waals surface area contributed by atoms with Gasteiger partial charge in [0.25, 0.3) is 0 Å². The van der Waals surface area contributed by atoms with E-state index < -0.39 is 26.6 Å². The molecule has 0 bridgehead atoms. The SMILES string of the molecule is O=S(=O)(NC1CCC(Oc2ncc(Cl)cn2)CC1)c1cc(F)cc(F)c1. The van der Waals surface area contributed by atoms with E-state index in [4.69, 9.17) is 16.3 Å². The largest absolute Gasteiger partial charge is 0.460 e. The minimum atomic E-state index is -4.00. The van der Waals surface area contributed by atoms with Crippen molar-refractivity contribution in [2.75, 3.05) is 0 Å². The molecule has 26 heavy (non-hydrogen) atoms. The van der Waals surface area contributed by atoms with E-state index >= 15 is 0 Å². The summed E-state index contributed by atoms with van der Waals surface area (Å²) in [4.78, 5) is 7.49. The first-order chi connectivity index (χ1) is 12.3. The summed E-state index contributed by atoms with van der Waals surface area (Å²) >= 11 is 5.71. The van der Waals surface area contributed by atoms with Gasteiger partial charge < -0.3 is 4.74 Å². The second kappa shape index (κ2) is 7.81. The molecule has 1 aromatic heterocycles. The molecule has 0 aliphatic heterocycles. The summed E-state index contributed by atoms with van der Waals surface area (Å²) in [5, 5.41) is 0.407. The molecule has 0 unspecified atom stereocenters. The molecule has 1 fully saturated rings. The Morgan fingerprint density at radius 2 is 1.62 bits per heavy atom. The van der Waals surface area contributed by atoms with Crippen molar-refractivity contribution in [2.45, 2.75) is 42.7 Å². The predicted molar refractivity (Wildman–Crippen MR) is 90.4 cm³/mol. The predicted octanol–water partition coefficient (Wildman–Crippen LogP) is 3.08. The third-order valence-electron chi connectivity index (χ3n) is 4.01. The maximum Gasteiger partial charge on any atom is 0.316 e. The fraction of sp³-hybridized carbons (Fsp3) is 0.375. The van der Waals surface area contributed by atoms with Gasteiger partial charge in [-0.25, -0.2) is 31.9 Å². The molecule has 0 atom stereocenters. The number of aromatic nitrogens is 2. The topological polar surface area (TPSA) is 81.2 Å². The van der Waals surface area contributed by atoms with Crippen molar-refractivity contribution in [2.24, 2.45) is 0 Å². The maximum atomic E-state index is 13.3. The van der Waals surface area contributed by atoms with Crippen molar-refractivity contribution < 1.29 is 21.9 Å². The van der Waals surface area contributed by atoms with E-state index in [0.717, 1.165) is 12.1 Å². The van der Waals surface area contributed by atoms with Crippen LogP contribution in [0.1, 0.15) is 25.7 Å². The number of hydrogen-bond donors (Lipinski definition) is 1. The van der Waals surface area contributed by atoms with Crippen LogP contribution in [-0.2, 0) is 10.0 Å². The van der Waals surface area contributed by atoms with Gasteiger partial charge in [0.15, 0.2) is 0 Å². The lowest BCUT2D eigenvalue weighted by atomic mass is 9.94. The van der Waals surface area contributed by atoms with E-state index in [9.17, 15) is 17.2 Å². The number of nitrogens with zero attached hydrogens (tertiary/aromatic N) is 2. The van der Waals surface area contributed by atoms with Crippen LogP contribution < -0.4 is 9.46 Å². The van der Waals surface area contributed by atoms with E-state index in [1.165, 1.54) is 12.4 Å². The molecule has 1 N–H and O–H groups in total. The highest BCUT2D eigenvalue weighted by atomic mass is 35.5. The van der Waals surface area contributed by atoms with Crippen LogP contribution in [0, 0.1) is 11.6 Å². The first-order valence-electron chi connectivity index (χ1n) is 7.94. The van der Waals surface area contributed by atoms with Crippen LogP contribution in [0.4, 0.5) is 8.78 Å². The number of nitrogens with one attached hydrogen (secondary N) is 1. The lowest BCUT2D eigenvalue weighted by Crippen LogP contribution is -2.39. The highest BCUT2D eigenvalue weighted by molar-refractivity contribution is 7.89. The van der Waals surface area contributed by atoms with Gasteiger partial charge in [0, 0.05) is 12.1 Å². The molecule has 1 aliphatic carbocycles. The maximum absolute atomic E-state index is 13.3. The fourth-order valence-corrected chi connectivity index (χ4v) is 4.22. The van der Waals surface area contributed by atoms with E-state index in [1.807, 2.05) is 0 Å². The molecule has 6 nitrogen and oxygen atoms in total. The Kier molecular flexibility index (Phi) is 5.69. The van der Waals surface area contributed by atoms with E-state index in [1.54, 1.807) is 0 Å². The highest BCUT2D eigenvalue weighted by Crippen LogP contribution is 2.24. The van der Waals surface area contributed by atoms with Gasteiger partial charge in [-0.2, -0.15) is 0 Å². The molecule has 0 spiro atoms. The summed E-state index contributed by atoms with van der Waals surface area (Å²) in [6, 6.07) is 2.09. The lowest BCUT2D eigenvalue weighted by Gasteiger charge is -2.28. The van der Waals surface area contributed by atoms with Gasteiger partial charge in [-0.1, -0.05) is 11.6 Å². The van der Waals surface area contributed by atoms with E-state index in [0.29, 0.717) is 36.8 Å². The normalized spacial score (nSPS) is 20.7. The molecule has 1 aromatic carbocycles. The molecule has 0 radical (unpaired) electrons. The van der Waals surface area contributed by atoms with Crippen LogP contribution in [0.25, 0.3) is 0 Å². The number of ether oxygens (including phenoxy) is 1. The Hall–Kier alpha value is -1.84. The van der Waals surface area contributed by atoms with Gasteiger partial charge >= 0.3 is 6.01 Å². The molecule has 1 saturated carbocycles. The van der Waals surface area contributed by atoms with Crippen LogP contribution in [0.2, 0.25) is 5.02 Å². The summed E-state index contributed by atoms with van der Waals surface area (Å²) < 4.78 is 59.2. The molecule has 10 heteroatoms. The standard InChI is InChI=1S/C16H16ClF2N3O3S/c17-10-8-20-16(21-9-10)25-14-3-1-13(2-4-14)22-26(23,24)15-6-11(18)5-12(19)7-15/h5-9,13-14,22H,1-4H2. The zero-order valence-electron chi connectivity index (χ0n) is 13.5. The summed E-state index contributed by atoms with van der Waals surface area (Å²) in [7, 11) is -4.00. The molecular weight excluding hydrogens is 388 g/mol. The molecule has 0 amide bonds. The Labute approximate surface area is 154 Å². The van der Waals surface area contributed by atoms with Crippen molar-refractivity contribution in [1.82, 2.24) is 14.7 Å². The van der Waals surface area contributed by atoms with Gasteiger partial charge in [0.1, 0.15) is 17.7 Å². The number of halogens is 3. The smallest absolute Gasteiger partial charge is 0.316 e. The third-order valence-corrected chi connectivity index (χ3v) is 5.71. The molecule has 140 valence electrons. The summed E-state index contributed by atoms with van der Waals surface area (Å²) in [5.41, 5.74) is 0. The minimum absolute atomic E-state index is 0.136. The van der Waals surface area contributed by atoms with Crippen molar-refractivity contribution >= 4 is 21.6 Å². The van der Waals surface area contributed by atoms with Crippen LogP contribution >= 0.6 is 11.6 Å². The van der Waals surface area contributed by atoms with Crippen molar-refractivity contribution in [3.63, 3.8) is 0 Å². The van der Waals surface area contributed by atoms with Gasteiger partial charge in [-0.15, -0.1) is 0 Å². The zero-order chi connectivity index (χ0) is 18.7. The Bertz CT molecular complexity index is 853. The molecule has 1 aliphatic rings. The monoisotopic (exact) mass is 403 g/mol. The number of benzene rings is 1. The van der Waals surface area contributed by atoms with Crippen LogP contribution in [0.3, 0.4) is 0 Å². The van der Waals surface area contributed by atoms with Crippen LogP contribution in [0.15, 0.2) is 35.5 Å². The van der Waals surface area contributed by atoms with E-state index in [-0.39, 0.29) is 18.2 Å². The average Bonchev–Trinajstić information content (AvgIpc) is 2.58. The van der Waals surface area contributed by atoms with Crippen LogP contribution in [0.5, 0.6) is 6.01 Å². The second-order valence-corrected chi connectivity index (χ2v) is 8.15. The van der Waals surface area contributed by atoms with Gasteiger partial charge in [0.2, 0.25) is 10.0 Å². The summed E-state index contributed by atoms with van der Waals surface area (Å²) in [6.45, 7) is 0. The zero-order valence-corrected chi connectivity index (χ0v) is 15.1. The van der Waals surface area contributed by atoms with Crippen molar-refractivity contribution in [3.8, 4) is 6.01 Å². The van der Waals surface area contributed by atoms with Gasteiger partial charge in [-0.05, 0) is 37.8 Å². The number of rotatable bonds is 5. The first-order valence-corrected chi connectivity index (χ1v) is 9.80. The van der Waals surface area contributed by atoms with E-state index in [2.05, 4.69) is 14.7 Å². The molecule has 0 saturated heterocycles. The van der Waals surface area contributed by atoms with Crippen molar-refractivity contribution in [1.29, 1.82) is 0 Å². The number of sulfonamides is 1. The lowest BCUT2D eigenvalue weighted by molar-refractivity contribution is 0.132. The molecular formula is C16H16ClF2N3O3S. The Balaban J connectivity index is 1.57. The quantitative estimate of drug-likeness (QED) is 0.829. The van der Waals surface area contributed by atoms with Gasteiger partial charge in [-0.3, -0.25) is 0 Å². The van der Waals surface area contributed by atoms with Crippen molar-refractivity contribution in [3.05, 3.63) is 47.2 Å². The molecule has 2 aromatic rings. The fourth-order valence-electron chi connectivity index (χ4n) is 2.78. The van der Waals surface area contributed by atoms with Crippen LogP contribution in [-0.4, -0.2) is 30.5 Å². The highest BCUT2D eigenvalue weighted by Gasteiger charge is 2.27. The minimum Gasteiger partial charge on any atom is -0.460 e. The Morgan fingerprint density at radius 1 is 1.04 bits per heavy atom. The number of hydrogen-bond acceptors (Lipinski definition) is 5. The first kappa shape index (κ1) is 18.9. The third kappa shape index (κ3) is 4.87. The molecule has 3 rings (SSSR count). The summed E-state index contributed by atoms with van der Waals surface area (Å²) in [5.74, 6) is -1.88. The van der Waals surface area contributed by atoms with Gasteiger partial charge in [0.05, 0.1) is 22.3 Å². The second-order valence-electron chi connectivity index (χ2n) is 6.00. The molecule has 1 heterocycles. The summed E-state index contributed by atoms with van der Waals surface area (Å²) in [6.07, 6.45) is 4.96.